The van der Waals surface area contributed by atoms with Gasteiger partial charge in [-0.25, -0.2) is 8.42 Å². The normalized spacial score (nSPS) is 12.7. The van der Waals surface area contributed by atoms with Gasteiger partial charge in [0.1, 0.15) is 18.3 Å². The van der Waals surface area contributed by atoms with Crippen LogP contribution in [0.2, 0.25) is 0 Å². The lowest BCUT2D eigenvalue weighted by atomic mass is 10.1. The largest absolute Gasteiger partial charge is 0.497 e. The standard InChI is InChI=1S/C32H41N3O5S/c1-7-25(5)33-32(37)29(8-2)34(21-26-13-11-14-27(20-26)40-6)31(36)22-35(30-15-10-9-12-24(30)4)41(38,39)28-18-16-23(3)17-19-28/h9-20,25,29H,7-8,21-22H2,1-6H3,(H,33,37)/t25-,29+/m1/s1. The molecule has 1 N–H and O–H groups in total. The summed E-state index contributed by atoms with van der Waals surface area (Å²) in [5, 5.41) is 2.99. The van der Waals surface area contributed by atoms with Crippen molar-refractivity contribution in [2.45, 2.75) is 71.0 Å². The van der Waals surface area contributed by atoms with E-state index in [1.807, 2.05) is 52.0 Å². The number of nitrogens with one attached hydrogen (secondary N) is 1. The Morgan fingerprint density at radius 2 is 1.61 bits per heavy atom. The van der Waals surface area contributed by atoms with Crippen LogP contribution in [0.4, 0.5) is 5.69 Å². The van der Waals surface area contributed by atoms with Crippen molar-refractivity contribution in [3.05, 3.63) is 89.5 Å². The van der Waals surface area contributed by atoms with Gasteiger partial charge in [0.15, 0.2) is 0 Å². The molecule has 220 valence electrons. The molecule has 0 aliphatic heterocycles. The number of carbonyl (C=O) groups excluding carboxylic acids is 2. The summed E-state index contributed by atoms with van der Waals surface area (Å²) >= 11 is 0. The minimum Gasteiger partial charge on any atom is -0.497 e. The first-order chi connectivity index (χ1) is 19.5. The van der Waals surface area contributed by atoms with Crippen LogP contribution in [0.25, 0.3) is 0 Å². The first-order valence-electron chi connectivity index (χ1n) is 13.9. The molecule has 3 rings (SSSR count). The molecule has 0 aliphatic rings. The van der Waals surface area contributed by atoms with Crippen molar-refractivity contribution in [1.29, 1.82) is 0 Å². The fourth-order valence-corrected chi connectivity index (χ4v) is 6.00. The Hall–Kier alpha value is -3.85. The van der Waals surface area contributed by atoms with E-state index in [4.69, 9.17) is 4.74 Å². The fraction of sp³-hybridized carbons (Fsp3) is 0.375. The molecule has 0 radical (unpaired) electrons. The Labute approximate surface area is 244 Å². The molecule has 0 aromatic heterocycles. The summed E-state index contributed by atoms with van der Waals surface area (Å²) in [5.41, 5.74) is 2.79. The van der Waals surface area contributed by atoms with Gasteiger partial charge >= 0.3 is 0 Å². The zero-order valence-electron chi connectivity index (χ0n) is 24.8. The highest BCUT2D eigenvalue weighted by atomic mass is 32.2. The van der Waals surface area contributed by atoms with Gasteiger partial charge in [0, 0.05) is 12.6 Å². The maximum absolute atomic E-state index is 14.2. The zero-order valence-corrected chi connectivity index (χ0v) is 25.6. The van der Waals surface area contributed by atoms with E-state index < -0.39 is 28.5 Å². The first kappa shape index (κ1) is 31.7. The van der Waals surface area contributed by atoms with Crippen LogP contribution in [-0.4, -0.2) is 50.9 Å². The van der Waals surface area contributed by atoms with Crippen molar-refractivity contribution in [3.63, 3.8) is 0 Å². The van der Waals surface area contributed by atoms with Gasteiger partial charge in [0.25, 0.3) is 10.0 Å². The number of carbonyl (C=O) groups is 2. The van der Waals surface area contributed by atoms with E-state index in [9.17, 15) is 18.0 Å². The highest BCUT2D eigenvalue weighted by Crippen LogP contribution is 2.28. The SMILES string of the molecule is CC[C@@H](C)NC(=O)[C@H](CC)N(Cc1cccc(OC)c1)C(=O)CN(c1ccccc1C)S(=O)(=O)c1ccc(C)cc1. The van der Waals surface area contributed by atoms with E-state index in [0.29, 0.717) is 23.4 Å². The van der Waals surface area contributed by atoms with Gasteiger partial charge in [-0.2, -0.15) is 0 Å². The third-order valence-electron chi connectivity index (χ3n) is 7.15. The molecule has 0 saturated carbocycles. The van der Waals surface area contributed by atoms with Crippen LogP contribution in [-0.2, 0) is 26.2 Å². The number of nitrogens with zero attached hydrogens (tertiary/aromatic N) is 2. The van der Waals surface area contributed by atoms with E-state index in [2.05, 4.69) is 5.32 Å². The smallest absolute Gasteiger partial charge is 0.264 e. The van der Waals surface area contributed by atoms with E-state index in [1.165, 1.54) is 4.90 Å². The Bertz CT molecular complexity index is 1440. The van der Waals surface area contributed by atoms with Crippen molar-refractivity contribution in [2.24, 2.45) is 0 Å². The number of benzene rings is 3. The van der Waals surface area contributed by atoms with Gasteiger partial charge in [-0.05, 0) is 75.1 Å². The van der Waals surface area contributed by atoms with Crippen molar-refractivity contribution < 1.29 is 22.7 Å². The van der Waals surface area contributed by atoms with Crippen LogP contribution >= 0.6 is 0 Å². The topological polar surface area (TPSA) is 96.0 Å². The third-order valence-corrected chi connectivity index (χ3v) is 8.92. The monoisotopic (exact) mass is 579 g/mol. The number of hydrogen-bond donors (Lipinski definition) is 1. The van der Waals surface area contributed by atoms with Crippen molar-refractivity contribution in [1.82, 2.24) is 10.2 Å². The minimum atomic E-state index is -4.12. The minimum absolute atomic E-state index is 0.0734. The van der Waals surface area contributed by atoms with Crippen LogP contribution in [0.5, 0.6) is 5.75 Å². The van der Waals surface area contributed by atoms with Crippen molar-refractivity contribution >= 4 is 27.5 Å². The summed E-state index contributed by atoms with van der Waals surface area (Å²) in [4.78, 5) is 29.2. The second kappa shape index (κ2) is 14.2. The van der Waals surface area contributed by atoms with E-state index in [-0.39, 0.29) is 23.4 Å². The number of para-hydroxylation sites is 1. The number of hydrogen-bond acceptors (Lipinski definition) is 5. The zero-order chi connectivity index (χ0) is 30.2. The molecule has 9 heteroatoms. The molecule has 41 heavy (non-hydrogen) atoms. The molecule has 0 fully saturated rings. The van der Waals surface area contributed by atoms with Crippen LogP contribution in [0.3, 0.4) is 0 Å². The van der Waals surface area contributed by atoms with Crippen molar-refractivity contribution in [2.75, 3.05) is 18.0 Å². The predicted molar refractivity (Wildman–Crippen MR) is 162 cm³/mol. The van der Waals surface area contributed by atoms with E-state index in [1.54, 1.807) is 62.6 Å². The number of amides is 2. The Kier molecular flexibility index (Phi) is 10.9. The summed E-state index contributed by atoms with van der Waals surface area (Å²) in [6.45, 7) is 9.04. The third kappa shape index (κ3) is 7.88. The van der Waals surface area contributed by atoms with Crippen LogP contribution in [0.1, 0.15) is 50.3 Å². The molecule has 0 bridgehead atoms. The van der Waals surface area contributed by atoms with Gasteiger partial charge in [0.2, 0.25) is 11.8 Å². The second-order valence-corrected chi connectivity index (χ2v) is 12.1. The quantitative estimate of drug-likeness (QED) is 0.299. The van der Waals surface area contributed by atoms with Crippen LogP contribution < -0.4 is 14.4 Å². The highest BCUT2D eigenvalue weighted by molar-refractivity contribution is 7.92. The maximum atomic E-state index is 14.2. The van der Waals surface area contributed by atoms with Gasteiger partial charge in [0.05, 0.1) is 17.7 Å². The maximum Gasteiger partial charge on any atom is 0.264 e. The Morgan fingerprint density at radius 3 is 2.22 bits per heavy atom. The first-order valence-corrected chi connectivity index (χ1v) is 15.3. The molecule has 2 atom stereocenters. The van der Waals surface area contributed by atoms with Gasteiger partial charge in [-0.3, -0.25) is 13.9 Å². The molecule has 0 saturated heterocycles. The number of rotatable bonds is 13. The van der Waals surface area contributed by atoms with Crippen molar-refractivity contribution in [3.8, 4) is 5.75 Å². The fourth-order valence-electron chi connectivity index (χ4n) is 4.52. The summed E-state index contributed by atoms with van der Waals surface area (Å²) in [5.74, 6) is -0.143. The second-order valence-electron chi connectivity index (χ2n) is 10.2. The Morgan fingerprint density at radius 1 is 0.927 bits per heavy atom. The average molecular weight is 580 g/mol. The number of ether oxygens (including phenoxy) is 1. The number of methoxy groups -OCH3 is 1. The summed E-state index contributed by atoms with van der Waals surface area (Å²) in [6, 6.07) is 20.0. The lowest BCUT2D eigenvalue weighted by molar-refractivity contribution is -0.140. The number of aryl methyl sites for hydroxylation is 2. The lowest BCUT2D eigenvalue weighted by Crippen LogP contribution is -2.53. The van der Waals surface area contributed by atoms with E-state index in [0.717, 1.165) is 21.9 Å². The predicted octanol–water partition coefficient (Wildman–Crippen LogP) is 5.23. The molecular weight excluding hydrogens is 538 g/mol. The molecule has 0 unspecified atom stereocenters. The van der Waals surface area contributed by atoms with E-state index >= 15 is 0 Å². The van der Waals surface area contributed by atoms with Crippen LogP contribution in [0.15, 0.2) is 77.7 Å². The molecule has 8 nitrogen and oxygen atoms in total. The number of sulfonamides is 1. The van der Waals surface area contributed by atoms with Crippen LogP contribution in [0, 0.1) is 13.8 Å². The molecule has 3 aromatic carbocycles. The lowest BCUT2D eigenvalue weighted by Gasteiger charge is -2.34. The van der Waals surface area contributed by atoms with Gasteiger partial charge < -0.3 is 15.0 Å². The average Bonchev–Trinajstić information content (AvgIpc) is 2.96. The highest BCUT2D eigenvalue weighted by Gasteiger charge is 2.34. The van der Waals surface area contributed by atoms with Gasteiger partial charge in [-0.1, -0.05) is 61.9 Å². The number of anilines is 1. The Balaban J connectivity index is 2.08. The molecule has 2 amide bonds. The van der Waals surface area contributed by atoms with Gasteiger partial charge in [-0.15, -0.1) is 0 Å². The molecule has 0 heterocycles. The molecular formula is C32H41N3O5S. The summed E-state index contributed by atoms with van der Waals surface area (Å²) in [6.07, 6.45) is 1.09. The summed E-state index contributed by atoms with van der Waals surface area (Å²) in [7, 11) is -2.55. The molecule has 0 spiro atoms. The molecule has 3 aromatic rings. The summed E-state index contributed by atoms with van der Waals surface area (Å²) < 4.78 is 34.5. The molecule has 0 aliphatic carbocycles.